The quantitative estimate of drug-likeness (QED) is 0.463. The number of imide groups is 2. The molecule has 0 N–H and O–H groups in total. The van der Waals surface area contributed by atoms with Crippen LogP contribution in [0.25, 0.3) is 0 Å². The van der Waals surface area contributed by atoms with Crippen LogP contribution in [0.1, 0.15) is 20.7 Å². The molecule has 0 radical (unpaired) electrons. The lowest BCUT2D eigenvalue weighted by Gasteiger charge is -2.17. The number of amides is 4. The van der Waals surface area contributed by atoms with Gasteiger partial charge in [0.1, 0.15) is 0 Å². The fourth-order valence-electron chi connectivity index (χ4n) is 2.94. The van der Waals surface area contributed by atoms with Crippen molar-refractivity contribution in [3.05, 3.63) is 57.6 Å². The number of rotatable bonds is 0. The summed E-state index contributed by atoms with van der Waals surface area (Å²) in [7, 11) is 0. The lowest BCUT2D eigenvalue weighted by atomic mass is 10.1. The van der Waals surface area contributed by atoms with Gasteiger partial charge >= 0.3 is 24.0 Å². The molecule has 2 aromatic rings. The van der Waals surface area contributed by atoms with Gasteiger partial charge in [-0.1, -0.05) is 23.2 Å². The number of Topliss-reactive ketones (excluding diaryl/α,β-unsaturated/α-hetero) is 2. The predicted molar refractivity (Wildman–Crippen MR) is 98.4 cm³/mol. The Balaban J connectivity index is 1.65. The molecule has 0 atom stereocenters. The van der Waals surface area contributed by atoms with E-state index in [0.29, 0.717) is 9.80 Å². The number of halogens is 2. The van der Waals surface area contributed by atoms with E-state index in [1.165, 1.54) is 36.4 Å². The first-order valence-corrected chi connectivity index (χ1v) is 8.58. The Morgan fingerprint density at radius 2 is 1.07 bits per heavy atom. The van der Waals surface area contributed by atoms with Gasteiger partial charge in [0.2, 0.25) is 0 Å². The number of nitrogens with zero attached hydrogens (tertiary/aromatic N) is 2. The summed E-state index contributed by atoms with van der Waals surface area (Å²) in [5, 5.41) is 0.249. The van der Waals surface area contributed by atoms with Crippen LogP contribution in [0.15, 0.2) is 36.4 Å². The van der Waals surface area contributed by atoms with Crippen molar-refractivity contribution in [2.24, 2.45) is 0 Å². The number of carbonyl (C=O) groups excluding carboxylic acids is 6. The predicted octanol–water partition coefficient (Wildman–Crippen LogP) is 3.01. The van der Waals surface area contributed by atoms with E-state index in [0.717, 1.165) is 0 Å². The van der Waals surface area contributed by atoms with E-state index in [1.807, 2.05) is 0 Å². The fourth-order valence-corrected chi connectivity index (χ4v) is 3.28. The number of benzene rings is 2. The summed E-state index contributed by atoms with van der Waals surface area (Å²) < 4.78 is 4.59. The number of hydrogen-bond acceptors (Lipinski definition) is 7. The van der Waals surface area contributed by atoms with Gasteiger partial charge in [0, 0.05) is 10.0 Å². The molecule has 2 aliphatic rings. The fraction of sp³-hybridized carbons (Fsp3) is 0. The minimum Gasteiger partial charge on any atom is -0.358 e. The van der Waals surface area contributed by atoms with Crippen molar-refractivity contribution in [1.82, 2.24) is 0 Å². The van der Waals surface area contributed by atoms with Gasteiger partial charge in [-0.15, -0.1) is 0 Å². The SMILES string of the molecule is O=C1C(=O)N(C(=O)OC(=O)N2C(=O)C(=O)c3ccc(Cl)cc32)c2cc(Cl)ccc21. The highest BCUT2D eigenvalue weighted by Gasteiger charge is 2.45. The average Bonchev–Trinajstić information content (AvgIpc) is 3.05. The second-order valence-electron chi connectivity index (χ2n) is 5.90. The number of carbonyl (C=O) groups is 6. The van der Waals surface area contributed by atoms with Crippen LogP contribution in [0.3, 0.4) is 0 Å². The van der Waals surface area contributed by atoms with Crippen molar-refractivity contribution >= 4 is 70.1 Å². The van der Waals surface area contributed by atoms with Crippen LogP contribution in [0, 0.1) is 0 Å². The molecule has 0 fully saturated rings. The molecule has 0 unspecified atom stereocenters. The minimum absolute atomic E-state index is 0.103. The summed E-state index contributed by atoms with van der Waals surface area (Å²) in [6, 6.07) is 7.53. The number of ketones is 2. The molecule has 0 saturated heterocycles. The standard InChI is InChI=1S/C18H6Cl2N2O7/c19-7-1-3-9-11(5-7)21(15(25)13(9)23)17(27)29-18(28)22-12-6-8(20)2-4-10(12)14(24)16(22)26/h1-6H. The highest BCUT2D eigenvalue weighted by atomic mass is 35.5. The van der Waals surface area contributed by atoms with Gasteiger partial charge in [-0.25, -0.2) is 19.4 Å². The Morgan fingerprint density at radius 3 is 1.45 bits per heavy atom. The zero-order valence-electron chi connectivity index (χ0n) is 14.0. The minimum atomic E-state index is -1.54. The van der Waals surface area contributed by atoms with Gasteiger partial charge < -0.3 is 4.74 Å². The summed E-state index contributed by atoms with van der Waals surface area (Å²) in [5.41, 5.74) is -0.545. The topological polar surface area (TPSA) is 118 Å². The first kappa shape index (κ1) is 18.8. The van der Waals surface area contributed by atoms with Crippen molar-refractivity contribution in [1.29, 1.82) is 0 Å². The molecule has 0 spiro atoms. The van der Waals surface area contributed by atoms with E-state index in [9.17, 15) is 28.8 Å². The summed E-state index contributed by atoms with van der Waals surface area (Å²) in [4.78, 5) is 73.8. The van der Waals surface area contributed by atoms with Crippen LogP contribution >= 0.6 is 23.2 Å². The molecule has 0 aliphatic carbocycles. The average molecular weight is 433 g/mol. The van der Waals surface area contributed by atoms with E-state index in [-0.39, 0.29) is 32.5 Å². The van der Waals surface area contributed by atoms with E-state index in [1.54, 1.807) is 0 Å². The molecule has 2 aromatic carbocycles. The van der Waals surface area contributed by atoms with E-state index in [4.69, 9.17) is 23.2 Å². The Bertz CT molecular complexity index is 1100. The summed E-state index contributed by atoms with van der Waals surface area (Å²) in [6.07, 6.45) is -3.07. The number of ether oxygens (including phenoxy) is 1. The molecular formula is C18H6Cl2N2O7. The molecule has 4 rings (SSSR count). The maximum Gasteiger partial charge on any atom is 0.430 e. The van der Waals surface area contributed by atoms with Gasteiger partial charge in [0.15, 0.2) is 0 Å². The van der Waals surface area contributed by atoms with Crippen LogP contribution in [0.5, 0.6) is 0 Å². The highest BCUT2D eigenvalue weighted by Crippen LogP contribution is 2.34. The maximum absolute atomic E-state index is 12.4. The summed E-state index contributed by atoms with van der Waals surface area (Å²) >= 11 is 11.7. The Hall–Kier alpha value is -3.56. The second-order valence-corrected chi connectivity index (χ2v) is 6.77. The first-order valence-electron chi connectivity index (χ1n) is 7.83. The number of fused-ring (bicyclic) bond motifs is 2. The lowest BCUT2D eigenvalue weighted by molar-refractivity contribution is -0.114. The molecule has 9 nitrogen and oxygen atoms in total. The summed E-state index contributed by atoms with van der Waals surface area (Å²) in [5.74, 6) is -4.50. The molecule has 4 amide bonds. The molecule has 144 valence electrons. The van der Waals surface area contributed by atoms with E-state index >= 15 is 0 Å². The maximum atomic E-state index is 12.4. The van der Waals surface area contributed by atoms with Gasteiger partial charge in [-0.3, -0.25) is 19.2 Å². The zero-order chi connectivity index (χ0) is 21.0. The van der Waals surface area contributed by atoms with Crippen molar-refractivity contribution in [2.75, 3.05) is 9.80 Å². The van der Waals surface area contributed by atoms with Crippen molar-refractivity contribution in [3.63, 3.8) is 0 Å². The molecule has 0 saturated carbocycles. The van der Waals surface area contributed by atoms with Crippen LogP contribution in [-0.4, -0.2) is 35.6 Å². The zero-order valence-corrected chi connectivity index (χ0v) is 15.5. The molecule has 2 heterocycles. The van der Waals surface area contributed by atoms with Crippen LogP contribution in [0.4, 0.5) is 21.0 Å². The lowest BCUT2D eigenvalue weighted by Crippen LogP contribution is -2.42. The van der Waals surface area contributed by atoms with Crippen LogP contribution in [-0.2, 0) is 14.3 Å². The highest BCUT2D eigenvalue weighted by molar-refractivity contribution is 6.57. The van der Waals surface area contributed by atoms with Gasteiger partial charge in [-0.2, -0.15) is 0 Å². The first-order chi connectivity index (χ1) is 13.7. The number of anilines is 2. The van der Waals surface area contributed by atoms with Crippen LogP contribution < -0.4 is 9.80 Å². The Kier molecular flexibility index (Phi) is 4.21. The monoisotopic (exact) mass is 432 g/mol. The van der Waals surface area contributed by atoms with Crippen molar-refractivity contribution < 1.29 is 33.5 Å². The second kappa shape index (κ2) is 6.50. The Morgan fingerprint density at radius 1 is 0.690 bits per heavy atom. The smallest absolute Gasteiger partial charge is 0.358 e. The van der Waals surface area contributed by atoms with E-state index < -0.39 is 35.6 Å². The third-order valence-corrected chi connectivity index (χ3v) is 4.70. The molecule has 0 bridgehead atoms. The third-order valence-electron chi connectivity index (χ3n) is 4.23. The van der Waals surface area contributed by atoms with E-state index in [2.05, 4.69) is 4.74 Å². The molecule has 11 heteroatoms. The van der Waals surface area contributed by atoms with Gasteiger partial charge in [0.05, 0.1) is 22.5 Å². The Labute approximate surface area is 171 Å². The molecule has 2 aliphatic heterocycles. The molecule has 0 aromatic heterocycles. The largest absolute Gasteiger partial charge is 0.430 e. The summed E-state index contributed by atoms with van der Waals surface area (Å²) in [6.45, 7) is 0. The normalized spacial score (nSPS) is 15.0. The molecule has 29 heavy (non-hydrogen) atoms. The van der Waals surface area contributed by atoms with Crippen molar-refractivity contribution in [2.45, 2.75) is 0 Å². The van der Waals surface area contributed by atoms with Gasteiger partial charge in [0.25, 0.3) is 11.6 Å². The third kappa shape index (κ3) is 2.79. The number of hydrogen-bond donors (Lipinski definition) is 0. The van der Waals surface area contributed by atoms with Crippen LogP contribution in [0.2, 0.25) is 10.0 Å². The molecular weight excluding hydrogens is 427 g/mol. The van der Waals surface area contributed by atoms with Crippen molar-refractivity contribution in [3.8, 4) is 0 Å². The van der Waals surface area contributed by atoms with Gasteiger partial charge in [-0.05, 0) is 36.4 Å².